The number of aliphatic hydroxyl groups is 2. The molecule has 24 heavy (non-hydrogen) atoms. The second-order valence-corrected chi connectivity index (χ2v) is 5.44. The molecule has 2 aromatic rings. The first-order valence-corrected chi connectivity index (χ1v) is 7.57. The highest BCUT2D eigenvalue weighted by atomic mass is 16.5. The van der Waals surface area contributed by atoms with E-state index in [4.69, 9.17) is 4.74 Å². The number of carbonyl (C=O) groups is 1. The van der Waals surface area contributed by atoms with E-state index in [1.165, 1.54) is 19.1 Å². The van der Waals surface area contributed by atoms with E-state index in [0.29, 0.717) is 12.4 Å². The molecular formula is C18H21NO5. The molecule has 0 heterocycles. The third-order valence-corrected chi connectivity index (χ3v) is 3.49. The summed E-state index contributed by atoms with van der Waals surface area (Å²) < 4.78 is 5.59. The Bertz CT molecular complexity index is 674. The Labute approximate surface area is 140 Å². The van der Waals surface area contributed by atoms with Crippen LogP contribution in [0.15, 0.2) is 48.5 Å². The summed E-state index contributed by atoms with van der Waals surface area (Å²) in [6, 6.07) is 14.1. The van der Waals surface area contributed by atoms with Gasteiger partial charge in [-0.25, -0.2) is 0 Å². The number of amides is 1. The van der Waals surface area contributed by atoms with Crippen molar-refractivity contribution in [3.63, 3.8) is 0 Å². The van der Waals surface area contributed by atoms with Crippen LogP contribution >= 0.6 is 0 Å². The zero-order valence-electron chi connectivity index (χ0n) is 13.3. The number of hydrogen-bond donors (Lipinski definition) is 4. The molecule has 6 heteroatoms. The van der Waals surface area contributed by atoms with E-state index in [9.17, 15) is 20.1 Å². The van der Waals surface area contributed by atoms with Crippen LogP contribution in [0.3, 0.4) is 0 Å². The van der Waals surface area contributed by atoms with Gasteiger partial charge in [-0.15, -0.1) is 0 Å². The van der Waals surface area contributed by atoms with Gasteiger partial charge < -0.3 is 25.4 Å². The van der Waals surface area contributed by atoms with Crippen molar-refractivity contribution < 1.29 is 24.9 Å². The van der Waals surface area contributed by atoms with E-state index in [1.54, 1.807) is 6.07 Å². The highest BCUT2D eigenvalue weighted by Crippen LogP contribution is 2.30. The van der Waals surface area contributed by atoms with Crippen LogP contribution in [0.25, 0.3) is 0 Å². The van der Waals surface area contributed by atoms with Crippen molar-refractivity contribution in [2.45, 2.75) is 25.7 Å². The average molecular weight is 331 g/mol. The molecule has 128 valence electrons. The summed E-state index contributed by atoms with van der Waals surface area (Å²) in [6.07, 6.45) is -2.55. The summed E-state index contributed by atoms with van der Waals surface area (Å²) in [6.45, 7) is 1.56. The minimum atomic E-state index is -1.32. The van der Waals surface area contributed by atoms with Crippen molar-refractivity contribution in [3.05, 3.63) is 59.7 Å². The molecule has 2 aromatic carbocycles. The molecule has 0 fully saturated rings. The molecule has 2 atom stereocenters. The molecule has 0 aliphatic heterocycles. The highest BCUT2D eigenvalue weighted by molar-refractivity contribution is 5.72. The lowest BCUT2D eigenvalue weighted by atomic mass is 10.0. The van der Waals surface area contributed by atoms with Crippen molar-refractivity contribution >= 4 is 5.91 Å². The Kier molecular flexibility index (Phi) is 6.17. The molecule has 0 aliphatic carbocycles. The highest BCUT2D eigenvalue weighted by Gasteiger charge is 2.21. The van der Waals surface area contributed by atoms with Crippen LogP contribution in [-0.4, -0.2) is 33.9 Å². The molecule has 0 aliphatic rings. The molecule has 0 spiro atoms. The second kappa shape index (κ2) is 8.33. The van der Waals surface area contributed by atoms with Crippen molar-refractivity contribution in [1.82, 2.24) is 5.32 Å². The van der Waals surface area contributed by atoms with Gasteiger partial charge in [0.15, 0.2) is 0 Å². The topological polar surface area (TPSA) is 99.0 Å². The van der Waals surface area contributed by atoms with Crippen LogP contribution in [-0.2, 0) is 11.4 Å². The molecule has 1 amide bonds. The van der Waals surface area contributed by atoms with Gasteiger partial charge in [0.1, 0.15) is 30.3 Å². The third-order valence-electron chi connectivity index (χ3n) is 3.49. The van der Waals surface area contributed by atoms with Crippen molar-refractivity contribution in [1.29, 1.82) is 0 Å². The van der Waals surface area contributed by atoms with E-state index in [2.05, 4.69) is 5.32 Å². The summed E-state index contributed by atoms with van der Waals surface area (Å²) in [5.74, 6) is -0.0475. The largest absolute Gasteiger partial charge is 0.507 e. The molecule has 0 saturated heterocycles. The number of carbonyl (C=O) groups excluding carboxylic acids is 1. The van der Waals surface area contributed by atoms with Crippen LogP contribution in [0.1, 0.15) is 24.2 Å². The molecule has 2 rings (SSSR count). The molecule has 2 unspecified atom stereocenters. The number of phenols is 1. The lowest BCUT2D eigenvalue weighted by molar-refractivity contribution is -0.119. The number of nitrogens with one attached hydrogen (secondary N) is 1. The van der Waals surface area contributed by atoms with E-state index in [0.717, 1.165) is 5.56 Å². The monoisotopic (exact) mass is 331 g/mol. The van der Waals surface area contributed by atoms with E-state index < -0.39 is 12.2 Å². The predicted molar refractivity (Wildman–Crippen MR) is 88.5 cm³/mol. The fraction of sp³-hybridized carbons (Fsp3) is 0.278. The van der Waals surface area contributed by atoms with Gasteiger partial charge in [0, 0.05) is 25.1 Å². The van der Waals surface area contributed by atoms with Crippen LogP contribution in [0, 0.1) is 0 Å². The van der Waals surface area contributed by atoms with Gasteiger partial charge >= 0.3 is 0 Å². The summed E-state index contributed by atoms with van der Waals surface area (Å²) in [4.78, 5) is 10.8. The molecular weight excluding hydrogens is 310 g/mol. The zero-order chi connectivity index (χ0) is 17.5. The summed E-state index contributed by atoms with van der Waals surface area (Å²) in [5.41, 5.74) is 1.16. The van der Waals surface area contributed by atoms with Gasteiger partial charge in [-0.1, -0.05) is 30.3 Å². The molecule has 0 bridgehead atoms. The smallest absolute Gasteiger partial charge is 0.216 e. The minimum absolute atomic E-state index is 0.109. The first kappa shape index (κ1) is 17.8. The van der Waals surface area contributed by atoms with Gasteiger partial charge in [-0.3, -0.25) is 4.79 Å². The minimum Gasteiger partial charge on any atom is -0.507 e. The van der Waals surface area contributed by atoms with E-state index in [-0.39, 0.29) is 23.8 Å². The van der Waals surface area contributed by atoms with Crippen LogP contribution in [0.4, 0.5) is 0 Å². The standard InChI is InChI=1S/C18H21NO5/c1-12(20)19-10-17(22)18(23)15-8-7-14(9-16(15)21)24-11-13-5-3-2-4-6-13/h2-9,17-18,21-23H,10-11H2,1H3,(H,19,20). The lowest BCUT2D eigenvalue weighted by Crippen LogP contribution is -2.34. The average Bonchev–Trinajstić information content (AvgIpc) is 2.58. The predicted octanol–water partition coefficient (Wildman–Crippen LogP) is 1.50. The summed E-state index contributed by atoms with van der Waals surface area (Å²) in [7, 11) is 0. The maximum absolute atomic E-state index is 10.8. The third kappa shape index (κ3) is 4.97. The van der Waals surface area contributed by atoms with Crippen molar-refractivity contribution in [2.75, 3.05) is 6.54 Å². The number of aliphatic hydroxyl groups excluding tert-OH is 2. The van der Waals surface area contributed by atoms with Gasteiger partial charge in [0.25, 0.3) is 0 Å². The maximum Gasteiger partial charge on any atom is 0.216 e. The van der Waals surface area contributed by atoms with Crippen LogP contribution in [0.5, 0.6) is 11.5 Å². The molecule has 4 N–H and O–H groups in total. The fourth-order valence-electron chi connectivity index (χ4n) is 2.17. The first-order valence-electron chi connectivity index (χ1n) is 7.57. The Morgan fingerprint density at radius 1 is 1.17 bits per heavy atom. The van der Waals surface area contributed by atoms with Gasteiger partial charge in [0.2, 0.25) is 5.91 Å². The van der Waals surface area contributed by atoms with Gasteiger partial charge in [-0.2, -0.15) is 0 Å². The number of hydrogen-bond acceptors (Lipinski definition) is 5. The Balaban J connectivity index is 1.99. The lowest BCUT2D eigenvalue weighted by Gasteiger charge is -2.19. The SMILES string of the molecule is CC(=O)NCC(O)C(O)c1ccc(OCc2ccccc2)cc1O. The number of aromatic hydroxyl groups is 1. The molecule has 0 aromatic heterocycles. The van der Waals surface area contributed by atoms with E-state index in [1.807, 2.05) is 30.3 Å². The molecule has 0 saturated carbocycles. The normalized spacial score (nSPS) is 13.1. The van der Waals surface area contributed by atoms with Crippen molar-refractivity contribution in [3.8, 4) is 11.5 Å². The number of ether oxygens (including phenoxy) is 1. The fourth-order valence-corrected chi connectivity index (χ4v) is 2.17. The van der Waals surface area contributed by atoms with E-state index >= 15 is 0 Å². The Morgan fingerprint density at radius 3 is 2.50 bits per heavy atom. The van der Waals surface area contributed by atoms with Crippen LogP contribution in [0.2, 0.25) is 0 Å². The summed E-state index contributed by atoms with van der Waals surface area (Å²) in [5, 5.41) is 32.4. The second-order valence-electron chi connectivity index (χ2n) is 5.44. The number of phenolic OH excluding ortho intramolecular Hbond substituents is 1. The maximum atomic E-state index is 10.8. The molecule has 6 nitrogen and oxygen atoms in total. The quantitative estimate of drug-likeness (QED) is 0.616. The number of benzene rings is 2. The van der Waals surface area contributed by atoms with Crippen molar-refractivity contribution in [2.24, 2.45) is 0 Å². The summed E-state index contributed by atoms with van der Waals surface area (Å²) >= 11 is 0. The Morgan fingerprint density at radius 2 is 1.88 bits per heavy atom. The van der Waals surface area contributed by atoms with Gasteiger partial charge in [-0.05, 0) is 17.7 Å². The van der Waals surface area contributed by atoms with Crippen LogP contribution < -0.4 is 10.1 Å². The van der Waals surface area contributed by atoms with Gasteiger partial charge in [0.05, 0.1) is 0 Å². The molecule has 0 radical (unpaired) electrons. The number of rotatable bonds is 7. The first-order chi connectivity index (χ1) is 11.5. The zero-order valence-corrected chi connectivity index (χ0v) is 13.3. The Hall–Kier alpha value is -2.57.